The summed E-state index contributed by atoms with van der Waals surface area (Å²) in [6.45, 7) is 2.37. The molecule has 0 aromatic heterocycles. The number of rotatable bonds is 7. The first-order chi connectivity index (χ1) is 10.1. The van der Waals surface area contributed by atoms with Gasteiger partial charge in [-0.1, -0.05) is 13.0 Å². The number of benzene rings is 1. The maximum atomic E-state index is 12.3. The molecular formula is C16H23F2NO2. The maximum Gasteiger partial charge on any atom is 0.387 e. The molecule has 1 aromatic rings. The van der Waals surface area contributed by atoms with Gasteiger partial charge >= 0.3 is 6.61 Å². The lowest BCUT2D eigenvalue weighted by atomic mass is 10.1. The Bertz CT molecular complexity index is 454. The third-order valence-corrected chi connectivity index (χ3v) is 3.81. The van der Waals surface area contributed by atoms with Gasteiger partial charge in [-0.2, -0.15) is 8.78 Å². The predicted octanol–water partition coefficient (Wildman–Crippen LogP) is 3.96. The van der Waals surface area contributed by atoms with Crippen LogP contribution in [0.1, 0.15) is 38.7 Å². The molecule has 1 N–H and O–H groups in total. The molecule has 0 heterocycles. The van der Waals surface area contributed by atoms with Crippen LogP contribution < -0.4 is 14.8 Å². The van der Waals surface area contributed by atoms with Crippen LogP contribution in [0.25, 0.3) is 0 Å². The van der Waals surface area contributed by atoms with Crippen LogP contribution in [0.15, 0.2) is 18.2 Å². The minimum Gasteiger partial charge on any atom is -0.490 e. The Kier molecular flexibility index (Phi) is 5.79. The summed E-state index contributed by atoms with van der Waals surface area (Å²) in [6, 6.07) is 5.66. The van der Waals surface area contributed by atoms with Crippen molar-refractivity contribution in [1.29, 1.82) is 0 Å². The van der Waals surface area contributed by atoms with Gasteiger partial charge in [-0.3, -0.25) is 0 Å². The molecule has 118 valence electrons. The van der Waals surface area contributed by atoms with E-state index in [0.29, 0.717) is 24.9 Å². The Morgan fingerprint density at radius 3 is 2.71 bits per heavy atom. The second-order valence-electron chi connectivity index (χ2n) is 5.59. The SMILES string of the molecule is CCOc1cc(CNC2CCC(C)C2)ccc1OC(F)F. The first kappa shape index (κ1) is 16.0. The van der Waals surface area contributed by atoms with Gasteiger partial charge in [0.2, 0.25) is 0 Å². The molecule has 0 bridgehead atoms. The molecule has 0 radical (unpaired) electrons. The zero-order chi connectivity index (χ0) is 15.2. The molecule has 3 nitrogen and oxygen atoms in total. The average Bonchev–Trinajstić information content (AvgIpc) is 2.84. The molecule has 0 aliphatic heterocycles. The summed E-state index contributed by atoms with van der Waals surface area (Å²) in [7, 11) is 0. The van der Waals surface area contributed by atoms with Crippen molar-refractivity contribution in [3.63, 3.8) is 0 Å². The summed E-state index contributed by atoms with van der Waals surface area (Å²) in [6.07, 6.45) is 3.67. The van der Waals surface area contributed by atoms with Crippen LogP contribution in [0.4, 0.5) is 8.78 Å². The monoisotopic (exact) mass is 299 g/mol. The quantitative estimate of drug-likeness (QED) is 0.826. The largest absolute Gasteiger partial charge is 0.490 e. The summed E-state index contributed by atoms with van der Waals surface area (Å²) in [5.74, 6) is 1.24. The van der Waals surface area contributed by atoms with Gasteiger partial charge in [-0.25, -0.2) is 0 Å². The van der Waals surface area contributed by atoms with Crippen LogP contribution in [-0.4, -0.2) is 19.3 Å². The van der Waals surface area contributed by atoms with E-state index < -0.39 is 6.61 Å². The lowest BCUT2D eigenvalue weighted by molar-refractivity contribution is -0.0514. The topological polar surface area (TPSA) is 30.5 Å². The van der Waals surface area contributed by atoms with E-state index in [4.69, 9.17) is 4.74 Å². The van der Waals surface area contributed by atoms with Crippen LogP contribution in [0.2, 0.25) is 0 Å². The summed E-state index contributed by atoms with van der Waals surface area (Å²) >= 11 is 0. The van der Waals surface area contributed by atoms with Gasteiger partial charge in [0.15, 0.2) is 11.5 Å². The van der Waals surface area contributed by atoms with Gasteiger partial charge in [-0.05, 0) is 49.8 Å². The van der Waals surface area contributed by atoms with Crippen LogP contribution >= 0.6 is 0 Å². The Morgan fingerprint density at radius 2 is 2.10 bits per heavy atom. The summed E-state index contributed by atoms with van der Waals surface area (Å²) in [5.41, 5.74) is 1.01. The lowest BCUT2D eigenvalue weighted by Crippen LogP contribution is -2.25. The Labute approximate surface area is 124 Å². The number of halogens is 2. The Hall–Kier alpha value is -1.36. The van der Waals surface area contributed by atoms with Crippen molar-refractivity contribution >= 4 is 0 Å². The summed E-state index contributed by atoms with van der Waals surface area (Å²) < 4.78 is 34.5. The number of nitrogens with one attached hydrogen (secondary N) is 1. The highest BCUT2D eigenvalue weighted by molar-refractivity contribution is 5.43. The van der Waals surface area contributed by atoms with Crippen molar-refractivity contribution in [2.45, 2.75) is 52.3 Å². The van der Waals surface area contributed by atoms with Crippen LogP contribution in [0.5, 0.6) is 11.5 Å². The van der Waals surface area contributed by atoms with Gasteiger partial charge in [0.25, 0.3) is 0 Å². The van der Waals surface area contributed by atoms with E-state index in [1.54, 1.807) is 18.2 Å². The molecule has 1 aliphatic rings. The van der Waals surface area contributed by atoms with Gasteiger partial charge < -0.3 is 14.8 Å². The molecule has 0 spiro atoms. The fraction of sp³-hybridized carbons (Fsp3) is 0.625. The third kappa shape index (κ3) is 4.84. The molecule has 21 heavy (non-hydrogen) atoms. The number of hydrogen-bond donors (Lipinski definition) is 1. The van der Waals surface area contributed by atoms with Crippen molar-refractivity contribution in [2.75, 3.05) is 6.61 Å². The Morgan fingerprint density at radius 1 is 1.29 bits per heavy atom. The second kappa shape index (κ2) is 7.59. The minimum absolute atomic E-state index is 0.0880. The molecule has 0 saturated heterocycles. The number of hydrogen-bond acceptors (Lipinski definition) is 3. The normalized spacial score (nSPS) is 21.8. The molecule has 1 saturated carbocycles. The zero-order valence-electron chi connectivity index (χ0n) is 12.6. The van der Waals surface area contributed by atoms with Crippen LogP contribution in [0, 0.1) is 5.92 Å². The van der Waals surface area contributed by atoms with E-state index in [1.165, 1.54) is 19.3 Å². The fourth-order valence-electron chi connectivity index (χ4n) is 2.78. The third-order valence-electron chi connectivity index (χ3n) is 3.81. The summed E-state index contributed by atoms with van der Waals surface area (Å²) in [4.78, 5) is 0. The molecule has 2 atom stereocenters. The van der Waals surface area contributed by atoms with Gasteiger partial charge in [-0.15, -0.1) is 0 Å². The van der Waals surface area contributed by atoms with E-state index >= 15 is 0 Å². The highest BCUT2D eigenvalue weighted by atomic mass is 19.3. The van der Waals surface area contributed by atoms with Crippen molar-refractivity contribution < 1.29 is 18.3 Å². The first-order valence-electron chi connectivity index (χ1n) is 7.52. The first-order valence-corrected chi connectivity index (χ1v) is 7.52. The molecule has 2 rings (SSSR count). The van der Waals surface area contributed by atoms with E-state index in [-0.39, 0.29) is 5.75 Å². The molecule has 1 aliphatic carbocycles. The number of ether oxygens (including phenoxy) is 2. The van der Waals surface area contributed by atoms with Crippen molar-refractivity contribution in [1.82, 2.24) is 5.32 Å². The van der Waals surface area contributed by atoms with Gasteiger partial charge in [0, 0.05) is 12.6 Å². The standard InChI is InChI=1S/C16H23F2NO2/c1-3-20-15-9-12(5-7-14(15)21-16(17)18)10-19-13-6-4-11(2)8-13/h5,7,9,11,13,16,19H,3-4,6,8,10H2,1-2H3. The van der Waals surface area contributed by atoms with E-state index in [1.807, 2.05) is 6.92 Å². The fourth-order valence-corrected chi connectivity index (χ4v) is 2.78. The van der Waals surface area contributed by atoms with Crippen LogP contribution in [-0.2, 0) is 6.54 Å². The van der Waals surface area contributed by atoms with Crippen LogP contribution in [0.3, 0.4) is 0 Å². The molecule has 0 amide bonds. The molecular weight excluding hydrogens is 276 g/mol. The zero-order valence-corrected chi connectivity index (χ0v) is 12.6. The minimum atomic E-state index is -2.84. The van der Waals surface area contributed by atoms with Crippen molar-refractivity contribution in [3.05, 3.63) is 23.8 Å². The van der Waals surface area contributed by atoms with E-state index in [9.17, 15) is 8.78 Å². The van der Waals surface area contributed by atoms with E-state index in [0.717, 1.165) is 11.5 Å². The molecule has 2 unspecified atom stereocenters. The van der Waals surface area contributed by atoms with Gasteiger partial charge in [0.1, 0.15) is 0 Å². The second-order valence-corrected chi connectivity index (χ2v) is 5.59. The average molecular weight is 299 g/mol. The van der Waals surface area contributed by atoms with E-state index in [2.05, 4.69) is 17.0 Å². The summed E-state index contributed by atoms with van der Waals surface area (Å²) in [5, 5.41) is 3.51. The predicted molar refractivity (Wildman–Crippen MR) is 77.9 cm³/mol. The number of alkyl halides is 2. The lowest BCUT2D eigenvalue weighted by Gasteiger charge is -2.15. The highest BCUT2D eigenvalue weighted by Gasteiger charge is 2.20. The maximum absolute atomic E-state index is 12.3. The smallest absolute Gasteiger partial charge is 0.387 e. The van der Waals surface area contributed by atoms with Crippen molar-refractivity contribution in [2.24, 2.45) is 5.92 Å². The Balaban J connectivity index is 1.97. The highest BCUT2D eigenvalue weighted by Crippen LogP contribution is 2.30. The molecule has 1 fully saturated rings. The van der Waals surface area contributed by atoms with Gasteiger partial charge in [0.05, 0.1) is 6.61 Å². The molecule has 5 heteroatoms. The van der Waals surface area contributed by atoms with Crippen molar-refractivity contribution in [3.8, 4) is 11.5 Å². The molecule has 1 aromatic carbocycles.